The molecule has 0 spiro atoms. The molecule has 13 heavy (non-hydrogen) atoms. The van der Waals surface area contributed by atoms with Crippen molar-refractivity contribution in [1.82, 2.24) is 4.90 Å². The molecule has 1 unspecified atom stereocenters. The molecule has 3 heteroatoms. The van der Waals surface area contributed by atoms with E-state index >= 15 is 0 Å². The van der Waals surface area contributed by atoms with Gasteiger partial charge in [0.05, 0.1) is 6.04 Å². The number of hydrogen-bond donors (Lipinski definition) is 1. The zero-order valence-corrected chi connectivity index (χ0v) is 8.62. The molecule has 0 aromatic carbocycles. The number of nitrogens with zero attached hydrogens (tertiary/aromatic N) is 1. The van der Waals surface area contributed by atoms with Gasteiger partial charge in [-0.15, -0.1) is 0 Å². The molecule has 0 aliphatic heterocycles. The monoisotopic (exact) mass is 184 g/mol. The molecule has 3 nitrogen and oxygen atoms in total. The fourth-order valence-corrected chi connectivity index (χ4v) is 2.01. The highest BCUT2D eigenvalue weighted by Crippen LogP contribution is 2.22. The van der Waals surface area contributed by atoms with Crippen LogP contribution in [0.5, 0.6) is 0 Å². The van der Waals surface area contributed by atoms with Gasteiger partial charge in [-0.1, -0.05) is 19.3 Å². The minimum Gasteiger partial charge on any atom is -0.368 e. The van der Waals surface area contributed by atoms with Crippen LogP contribution in [0.2, 0.25) is 0 Å². The summed E-state index contributed by atoms with van der Waals surface area (Å²) in [4.78, 5) is 13.1. The Morgan fingerprint density at radius 3 is 2.38 bits per heavy atom. The van der Waals surface area contributed by atoms with Crippen LogP contribution in [0.25, 0.3) is 0 Å². The fourth-order valence-electron chi connectivity index (χ4n) is 2.01. The largest absolute Gasteiger partial charge is 0.368 e. The van der Waals surface area contributed by atoms with E-state index in [1.807, 2.05) is 14.0 Å². The van der Waals surface area contributed by atoms with Crippen LogP contribution in [-0.2, 0) is 4.79 Å². The predicted octanol–water partition coefficient (Wildman–Crippen LogP) is 1.12. The van der Waals surface area contributed by atoms with E-state index in [1.54, 1.807) is 0 Å². The van der Waals surface area contributed by atoms with E-state index in [0.29, 0.717) is 6.04 Å². The first-order valence-electron chi connectivity index (χ1n) is 5.14. The van der Waals surface area contributed by atoms with Gasteiger partial charge in [0, 0.05) is 6.04 Å². The highest BCUT2D eigenvalue weighted by Gasteiger charge is 2.24. The molecule has 0 aromatic heterocycles. The number of likely N-dealkylation sites (N-methyl/N-ethyl adjacent to an activating group) is 1. The topological polar surface area (TPSA) is 46.3 Å². The summed E-state index contributed by atoms with van der Waals surface area (Å²) < 4.78 is 0. The number of amides is 1. The molecule has 1 saturated carbocycles. The molecule has 1 amide bonds. The van der Waals surface area contributed by atoms with E-state index in [-0.39, 0.29) is 11.9 Å². The van der Waals surface area contributed by atoms with Crippen LogP contribution in [-0.4, -0.2) is 29.9 Å². The second-order valence-electron chi connectivity index (χ2n) is 4.04. The summed E-state index contributed by atoms with van der Waals surface area (Å²) in [7, 11) is 2.01. The SMILES string of the molecule is CC(C(N)=O)N(C)C1CCCCC1. The van der Waals surface area contributed by atoms with Crippen LogP contribution in [0.15, 0.2) is 0 Å². The molecule has 0 heterocycles. The lowest BCUT2D eigenvalue weighted by Crippen LogP contribution is -2.46. The Balaban J connectivity index is 2.44. The van der Waals surface area contributed by atoms with E-state index in [1.165, 1.54) is 32.1 Å². The quantitative estimate of drug-likeness (QED) is 0.714. The Hall–Kier alpha value is -0.570. The van der Waals surface area contributed by atoms with E-state index in [2.05, 4.69) is 4.90 Å². The molecule has 0 aromatic rings. The van der Waals surface area contributed by atoms with Gasteiger partial charge in [0.15, 0.2) is 0 Å². The van der Waals surface area contributed by atoms with Crippen molar-refractivity contribution in [2.75, 3.05) is 7.05 Å². The zero-order valence-electron chi connectivity index (χ0n) is 8.62. The molecule has 76 valence electrons. The van der Waals surface area contributed by atoms with Crippen molar-refractivity contribution in [2.24, 2.45) is 5.73 Å². The van der Waals surface area contributed by atoms with Crippen LogP contribution >= 0.6 is 0 Å². The second kappa shape index (κ2) is 4.61. The average molecular weight is 184 g/mol. The molecule has 0 bridgehead atoms. The van der Waals surface area contributed by atoms with Gasteiger partial charge in [-0.3, -0.25) is 9.69 Å². The molecule has 0 radical (unpaired) electrons. The molecule has 0 saturated heterocycles. The smallest absolute Gasteiger partial charge is 0.234 e. The first kappa shape index (κ1) is 10.5. The van der Waals surface area contributed by atoms with Gasteiger partial charge in [-0.2, -0.15) is 0 Å². The molecular formula is C10H20N2O. The van der Waals surface area contributed by atoms with Crippen LogP contribution in [0.4, 0.5) is 0 Å². The third-order valence-electron chi connectivity index (χ3n) is 3.17. The highest BCUT2D eigenvalue weighted by molar-refractivity contribution is 5.79. The van der Waals surface area contributed by atoms with Gasteiger partial charge < -0.3 is 5.73 Å². The normalized spacial score (nSPS) is 21.8. The van der Waals surface area contributed by atoms with Crippen LogP contribution in [0, 0.1) is 0 Å². The minimum atomic E-state index is -0.215. The average Bonchev–Trinajstić information content (AvgIpc) is 2.17. The summed E-state index contributed by atoms with van der Waals surface area (Å²) in [5.74, 6) is -0.215. The third-order valence-corrected chi connectivity index (χ3v) is 3.17. The predicted molar refractivity (Wildman–Crippen MR) is 53.3 cm³/mol. The van der Waals surface area contributed by atoms with Gasteiger partial charge in [-0.25, -0.2) is 0 Å². The fraction of sp³-hybridized carbons (Fsp3) is 0.900. The molecular weight excluding hydrogens is 164 g/mol. The van der Waals surface area contributed by atoms with E-state index in [9.17, 15) is 4.79 Å². The van der Waals surface area contributed by atoms with Gasteiger partial charge >= 0.3 is 0 Å². The number of primary amides is 1. The van der Waals surface area contributed by atoms with Crippen LogP contribution in [0.3, 0.4) is 0 Å². The molecule has 1 atom stereocenters. The van der Waals surface area contributed by atoms with Crippen molar-refractivity contribution in [3.8, 4) is 0 Å². The lowest BCUT2D eigenvalue weighted by Gasteiger charge is -2.34. The molecule has 2 N–H and O–H groups in total. The zero-order chi connectivity index (χ0) is 9.84. The highest BCUT2D eigenvalue weighted by atomic mass is 16.1. The second-order valence-corrected chi connectivity index (χ2v) is 4.04. The number of carbonyl (C=O) groups is 1. The van der Waals surface area contributed by atoms with Crippen LogP contribution < -0.4 is 5.73 Å². The number of rotatable bonds is 3. The lowest BCUT2D eigenvalue weighted by atomic mass is 9.93. The number of nitrogens with two attached hydrogens (primary N) is 1. The third kappa shape index (κ3) is 2.69. The van der Waals surface area contributed by atoms with Crippen molar-refractivity contribution in [2.45, 2.75) is 51.1 Å². The van der Waals surface area contributed by atoms with Gasteiger partial charge in [0.1, 0.15) is 0 Å². The van der Waals surface area contributed by atoms with Gasteiger partial charge in [-0.05, 0) is 26.8 Å². The van der Waals surface area contributed by atoms with E-state index < -0.39 is 0 Å². The molecule has 1 aliphatic carbocycles. The van der Waals surface area contributed by atoms with Crippen molar-refractivity contribution in [1.29, 1.82) is 0 Å². The Bertz CT molecular complexity index is 176. The van der Waals surface area contributed by atoms with Crippen molar-refractivity contribution in [3.05, 3.63) is 0 Å². The minimum absolute atomic E-state index is 0.122. The maximum absolute atomic E-state index is 11.0. The Morgan fingerprint density at radius 1 is 1.38 bits per heavy atom. The maximum Gasteiger partial charge on any atom is 0.234 e. The van der Waals surface area contributed by atoms with Crippen molar-refractivity contribution >= 4 is 5.91 Å². The van der Waals surface area contributed by atoms with Gasteiger partial charge in [0.25, 0.3) is 0 Å². The van der Waals surface area contributed by atoms with E-state index in [4.69, 9.17) is 5.73 Å². The lowest BCUT2D eigenvalue weighted by molar-refractivity contribution is -0.123. The number of carbonyl (C=O) groups excluding carboxylic acids is 1. The Labute approximate surface area is 80.3 Å². The van der Waals surface area contributed by atoms with Crippen LogP contribution in [0.1, 0.15) is 39.0 Å². The summed E-state index contributed by atoms with van der Waals surface area (Å²) >= 11 is 0. The summed E-state index contributed by atoms with van der Waals surface area (Å²) in [6, 6.07) is 0.444. The summed E-state index contributed by atoms with van der Waals surface area (Å²) in [5.41, 5.74) is 5.26. The summed E-state index contributed by atoms with van der Waals surface area (Å²) in [5, 5.41) is 0. The van der Waals surface area contributed by atoms with Gasteiger partial charge in [0.2, 0.25) is 5.91 Å². The van der Waals surface area contributed by atoms with E-state index in [0.717, 1.165) is 0 Å². The summed E-state index contributed by atoms with van der Waals surface area (Å²) in [6.07, 6.45) is 6.36. The Morgan fingerprint density at radius 2 is 1.92 bits per heavy atom. The molecule has 1 aliphatic rings. The van der Waals surface area contributed by atoms with Crippen molar-refractivity contribution in [3.63, 3.8) is 0 Å². The Kier molecular flexibility index (Phi) is 3.72. The standard InChI is InChI=1S/C10H20N2O/c1-8(10(11)13)12(2)9-6-4-3-5-7-9/h8-9H,3-7H2,1-2H3,(H2,11,13). The first-order valence-corrected chi connectivity index (χ1v) is 5.14. The molecule has 1 fully saturated rings. The maximum atomic E-state index is 11.0. The summed E-state index contributed by atoms with van der Waals surface area (Å²) in [6.45, 7) is 1.89. The first-order chi connectivity index (χ1) is 6.13. The molecule has 1 rings (SSSR count). The number of hydrogen-bond acceptors (Lipinski definition) is 2. The van der Waals surface area contributed by atoms with Crippen molar-refractivity contribution < 1.29 is 4.79 Å².